The lowest BCUT2D eigenvalue weighted by molar-refractivity contribution is 0.00846. The standard InChI is InChI=1S/C16H2Cl6N2O4/c17-5-1-3-4(2-6(5)18)14(26)23(13(3)25)24-15(27)7-8(16(24)28)10(20)12(22)11(21)9(7)19/h1-2H. The zero-order valence-electron chi connectivity index (χ0n) is 12.9. The van der Waals surface area contributed by atoms with Crippen molar-refractivity contribution in [1.82, 2.24) is 10.0 Å². The van der Waals surface area contributed by atoms with Crippen molar-refractivity contribution in [3.05, 3.63) is 64.5 Å². The molecule has 0 N–H and O–H groups in total. The predicted octanol–water partition coefficient (Wildman–Crippen LogP) is 5.41. The van der Waals surface area contributed by atoms with E-state index in [0.717, 1.165) is 0 Å². The summed E-state index contributed by atoms with van der Waals surface area (Å²) in [4.78, 5) is 51.2. The Bertz CT molecular complexity index is 1090. The van der Waals surface area contributed by atoms with E-state index in [0.29, 0.717) is 10.0 Å². The monoisotopic (exact) mass is 496 g/mol. The molecular formula is C16H2Cl6N2O4. The van der Waals surface area contributed by atoms with Crippen LogP contribution in [0.15, 0.2) is 12.1 Å². The van der Waals surface area contributed by atoms with E-state index in [4.69, 9.17) is 69.6 Å². The lowest BCUT2D eigenvalue weighted by Gasteiger charge is -2.23. The number of rotatable bonds is 1. The minimum Gasteiger partial charge on any atom is -0.267 e. The van der Waals surface area contributed by atoms with Crippen LogP contribution >= 0.6 is 69.6 Å². The predicted molar refractivity (Wildman–Crippen MR) is 104 cm³/mol. The lowest BCUT2D eigenvalue weighted by atomic mass is 10.1. The van der Waals surface area contributed by atoms with Crippen molar-refractivity contribution in [3.63, 3.8) is 0 Å². The van der Waals surface area contributed by atoms with E-state index in [9.17, 15) is 19.2 Å². The average molecular weight is 499 g/mol. The summed E-state index contributed by atoms with van der Waals surface area (Å²) in [6.45, 7) is 0. The minimum absolute atomic E-state index is 0.0235. The number of benzene rings is 2. The minimum atomic E-state index is -1.06. The van der Waals surface area contributed by atoms with Crippen LogP contribution in [0.3, 0.4) is 0 Å². The Morgan fingerprint density at radius 2 is 0.821 bits per heavy atom. The Morgan fingerprint density at radius 1 is 0.500 bits per heavy atom. The molecule has 0 radical (unpaired) electrons. The first-order chi connectivity index (χ1) is 13.1. The molecule has 2 aliphatic heterocycles. The summed E-state index contributed by atoms with van der Waals surface area (Å²) in [6.07, 6.45) is 0. The number of amides is 4. The maximum absolute atomic E-state index is 12.9. The highest BCUT2D eigenvalue weighted by Crippen LogP contribution is 2.46. The van der Waals surface area contributed by atoms with Crippen LogP contribution in [0.2, 0.25) is 30.1 Å². The third kappa shape index (κ3) is 2.43. The van der Waals surface area contributed by atoms with E-state index in [1.165, 1.54) is 12.1 Å². The second kappa shape index (κ2) is 6.49. The number of nitrogens with zero attached hydrogens (tertiary/aromatic N) is 2. The van der Waals surface area contributed by atoms with Gasteiger partial charge >= 0.3 is 0 Å². The van der Waals surface area contributed by atoms with Crippen LogP contribution < -0.4 is 0 Å². The van der Waals surface area contributed by atoms with Gasteiger partial charge in [-0.1, -0.05) is 69.6 Å². The number of carbonyl (C=O) groups is 4. The van der Waals surface area contributed by atoms with Crippen molar-refractivity contribution in [2.24, 2.45) is 0 Å². The largest absolute Gasteiger partial charge is 0.282 e. The van der Waals surface area contributed by atoms with Crippen LogP contribution in [0.1, 0.15) is 41.4 Å². The molecule has 2 aliphatic rings. The number of imide groups is 2. The normalized spacial score (nSPS) is 15.6. The summed E-state index contributed by atoms with van der Waals surface area (Å²) >= 11 is 35.8. The molecule has 0 spiro atoms. The number of carbonyl (C=O) groups excluding carboxylic acids is 4. The summed E-state index contributed by atoms with van der Waals surface area (Å²) in [7, 11) is 0. The molecule has 4 amide bonds. The van der Waals surface area contributed by atoms with Gasteiger partial charge in [0.1, 0.15) is 0 Å². The van der Waals surface area contributed by atoms with E-state index in [2.05, 4.69) is 0 Å². The second-order valence-corrected chi connectivity index (χ2v) is 7.99. The number of halogens is 6. The molecule has 28 heavy (non-hydrogen) atoms. The van der Waals surface area contributed by atoms with Gasteiger partial charge in [0.15, 0.2) is 0 Å². The van der Waals surface area contributed by atoms with Gasteiger partial charge in [-0.05, 0) is 12.1 Å². The number of hydrogen-bond acceptors (Lipinski definition) is 4. The highest BCUT2D eigenvalue weighted by Gasteiger charge is 2.51. The molecule has 0 unspecified atom stereocenters. The molecule has 0 aromatic heterocycles. The maximum Gasteiger partial charge on any atom is 0.282 e. The summed E-state index contributed by atoms with van der Waals surface area (Å²) in [5, 5.41) is -0.375. The molecule has 2 heterocycles. The third-order valence-corrected chi connectivity index (χ3v) is 6.71. The van der Waals surface area contributed by atoms with Gasteiger partial charge in [0.2, 0.25) is 0 Å². The number of hydrogen-bond donors (Lipinski definition) is 0. The third-order valence-electron chi connectivity index (χ3n) is 4.19. The van der Waals surface area contributed by atoms with E-state index in [1.807, 2.05) is 0 Å². The first-order valence-electron chi connectivity index (χ1n) is 7.20. The first kappa shape index (κ1) is 19.8. The Hall–Kier alpha value is -1.54. The summed E-state index contributed by atoms with van der Waals surface area (Å²) < 4.78 is 0. The van der Waals surface area contributed by atoms with Crippen LogP contribution in [0.4, 0.5) is 0 Å². The number of hydrazine groups is 1. The molecule has 0 bridgehead atoms. The van der Waals surface area contributed by atoms with Crippen LogP contribution in [0.25, 0.3) is 0 Å². The van der Waals surface area contributed by atoms with Gasteiger partial charge in [0, 0.05) is 0 Å². The molecule has 12 heteroatoms. The molecule has 2 aromatic carbocycles. The quantitative estimate of drug-likeness (QED) is 0.299. The van der Waals surface area contributed by atoms with Gasteiger partial charge in [0.05, 0.1) is 52.4 Å². The van der Waals surface area contributed by atoms with Crippen molar-refractivity contribution < 1.29 is 19.2 Å². The molecule has 142 valence electrons. The summed E-state index contributed by atoms with van der Waals surface area (Å²) in [5.41, 5.74) is -0.967. The summed E-state index contributed by atoms with van der Waals surface area (Å²) in [5.74, 6) is -4.01. The zero-order valence-corrected chi connectivity index (χ0v) is 17.5. The van der Waals surface area contributed by atoms with Gasteiger partial charge in [0.25, 0.3) is 23.6 Å². The molecule has 2 aromatic rings. The average Bonchev–Trinajstić information content (AvgIpc) is 3.03. The fourth-order valence-corrected chi connectivity index (χ4v) is 4.26. The van der Waals surface area contributed by atoms with Gasteiger partial charge in [-0.3, -0.25) is 19.2 Å². The van der Waals surface area contributed by atoms with Crippen molar-refractivity contribution in [2.45, 2.75) is 0 Å². The molecule has 0 fully saturated rings. The Kier molecular flexibility index (Phi) is 4.58. The van der Waals surface area contributed by atoms with Gasteiger partial charge < -0.3 is 0 Å². The van der Waals surface area contributed by atoms with E-state index in [1.54, 1.807) is 0 Å². The van der Waals surface area contributed by atoms with E-state index >= 15 is 0 Å². The van der Waals surface area contributed by atoms with Gasteiger partial charge in [-0.25, -0.2) is 0 Å². The lowest BCUT2D eigenvalue weighted by Crippen LogP contribution is -2.49. The molecule has 0 aliphatic carbocycles. The Morgan fingerprint density at radius 3 is 1.18 bits per heavy atom. The van der Waals surface area contributed by atoms with Gasteiger partial charge in [-0.2, -0.15) is 10.0 Å². The molecular weight excluding hydrogens is 497 g/mol. The summed E-state index contributed by atoms with van der Waals surface area (Å²) in [6, 6.07) is 2.34. The fourth-order valence-electron chi connectivity index (χ4n) is 2.92. The van der Waals surface area contributed by atoms with Gasteiger partial charge in [-0.15, -0.1) is 0 Å². The first-order valence-corrected chi connectivity index (χ1v) is 9.47. The molecule has 4 rings (SSSR count). The molecule has 6 nitrogen and oxygen atoms in total. The van der Waals surface area contributed by atoms with E-state index < -0.39 is 23.6 Å². The number of fused-ring (bicyclic) bond motifs is 2. The molecule has 0 saturated heterocycles. The Balaban J connectivity index is 1.88. The molecule has 0 atom stereocenters. The fraction of sp³-hybridized carbons (Fsp3) is 0. The van der Waals surface area contributed by atoms with Crippen molar-refractivity contribution in [1.29, 1.82) is 0 Å². The van der Waals surface area contributed by atoms with Crippen molar-refractivity contribution >= 4 is 93.2 Å². The second-order valence-electron chi connectivity index (χ2n) is 5.66. The SMILES string of the molecule is O=C1c2cc(Cl)c(Cl)cc2C(=O)N1N1C(=O)c2c(Cl)c(Cl)c(Cl)c(Cl)c2C1=O. The van der Waals surface area contributed by atoms with Crippen LogP contribution in [-0.4, -0.2) is 33.6 Å². The highest BCUT2D eigenvalue weighted by atomic mass is 35.5. The zero-order chi connectivity index (χ0) is 20.7. The van der Waals surface area contributed by atoms with Crippen molar-refractivity contribution in [3.8, 4) is 0 Å². The topological polar surface area (TPSA) is 74.8 Å². The van der Waals surface area contributed by atoms with Crippen molar-refractivity contribution in [2.75, 3.05) is 0 Å². The van der Waals surface area contributed by atoms with E-state index in [-0.39, 0.29) is 52.4 Å². The Labute approximate surface area is 186 Å². The maximum atomic E-state index is 12.9. The van der Waals surface area contributed by atoms with Crippen LogP contribution in [-0.2, 0) is 0 Å². The highest BCUT2D eigenvalue weighted by molar-refractivity contribution is 6.55. The van der Waals surface area contributed by atoms with Crippen LogP contribution in [0, 0.1) is 0 Å². The molecule has 0 saturated carbocycles. The van der Waals surface area contributed by atoms with Crippen LogP contribution in [0.5, 0.6) is 0 Å². The smallest absolute Gasteiger partial charge is 0.267 e.